The molecule has 2 rings (SSSR count). The van der Waals surface area contributed by atoms with Crippen molar-refractivity contribution in [1.82, 2.24) is 4.90 Å². The van der Waals surface area contributed by atoms with E-state index in [0.717, 1.165) is 17.7 Å². The zero-order chi connectivity index (χ0) is 16.7. The average molecular weight is 331 g/mol. The highest BCUT2D eigenvalue weighted by Gasteiger charge is 2.28. The van der Waals surface area contributed by atoms with Gasteiger partial charge < -0.3 is 9.64 Å². The number of carbonyl (C=O) groups is 2. The molecule has 0 saturated heterocycles. The van der Waals surface area contributed by atoms with Crippen molar-refractivity contribution in [2.24, 2.45) is 0 Å². The third-order valence-corrected chi connectivity index (χ3v) is 4.82. The number of thioether (sulfide) groups is 1. The molecule has 1 atom stereocenters. The molecule has 4 nitrogen and oxygen atoms in total. The van der Waals surface area contributed by atoms with Gasteiger partial charge in [0.15, 0.2) is 6.61 Å². The average Bonchev–Trinajstić information content (AvgIpc) is 2.58. The minimum absolute atomic E-state index is 0.243. The Morgan fingerprint density at radius 2 is 1.96 bits per heavy atom. The van der Waals surface area contributed by atoms with E-state index in [0.29, 0.717) is 13.1 Å². The van der Waals surface area contributed by atoms with E-state index >= 15 is 0 Å². The van der Waals surface area contributed by atoms with Gasteiger partial charge in [-0.15, -0.1) is 24.9 Å². The van der Waals surface area contributed by atoms with E-state index in [2.05, 4.69) is 13.2 Å². The topological polar surface area (TPSA) is 46.6 Å². The summed E-state index contributed by atoms with van der Waals surface area (Å²) in [6, 6.07) is 7.89. The molecule has 23 heavy (non-hydrogen) atoms. The molecule has 1 aromatic rings. The summed E-state index contributed by atoms with van der Waals surface area (Å²) >= 11 is 1.56. The van der Waals surface area contributed by atoms with Crippen molar-refractivity contribution in [2.45, 2.75) is 11.7 Å². The fraction of sp³-hybridized carbons (Fsp3) is 0.333. The Balaban J connectivity index is 1.96. The second kappa shape index (κ2) is 8.58. The number of hydrogen-bond acceptors (Lipinski definition) is 4. The molecule has 0 spiro atoms. The van der Waals surface area contributed by atoms with Crippen molar-refractivity contribution in [3.63, 3.8) is 0 Å². The third kappa shape index (κ3) is 4.48. The van der Waals surface area contributed by atoms with Crippen LogP contribution in [-0.2, 0) is 20.7 Å². The van der Waals surface area contributed by atoms with E-state index < -0.39 is 0 Å². The van der Waals surface area contributed by atoms with Gasteiger partial charge >= 0.3 is 5.97 Å². The van der Waals surface area contributed by atoms with E-state index in [-0.39, 0.29) is 23.7 Å². The largest absolute Gasteiger partial charge is 0.454 e. The molecule has 0 saturated carbocycles. The van der Waals surface area contributed by atoms with Crippen molar-refractivity contribution in [1.29, 1.82) is 0 Å². The summed E-state index contributed by atoms with van der Waals surface area (Å²) in [6.07, 6.45) is 4.23. The molecule has 0 aliphatic carbocycles. The summed E-state index contributed by atoms with van der Waals surface area (Å²) < 4.78 is 5.25. The Hall–Kier alpha value is -2.01. The first-order chi connectivity index (χ1) is 11.2. The van der Waals surface area contributed by atoms with Crippen LogP contribution in [-0.4, -0.2) is 42.2 Å². The van der Waals surface area contributed by atoms with Crippen molar-refractivity contribution in [2.75, 3.05) is 25.4 Å². The first kappa shape index (κ1) is 17.3. The Kier molecular flexibility index (Phi) is 6.47. The maximum absolute atomic E-state index is 12.3. The number of carbonyl (C=O) groups excluding carboxylic acids is 2. The summed E-state index contributed by atoms with van der Waals surface area (Å²) in [5, 5.41) is -0.347. The summed E-state index contributed by atoms with van der Waals surface area (Å²) in [5.41, 5.74) is 2.18. The Morgan fingerprint density at radius 3 is 2.65 bits per heavy atom. The molecule has 5 heteroatoms. The third-order valence-electron chi connectivity index (χ3n) is 3.60. The smallest absolute Gasteiger partial charge is 0.324 e. The van der Waals surface area contributed by atoms with Gasteiger partial charge in [0.2, 0.25) is 0 Å². The highest BCUT2D eigenvalue weighted by atomic mass is 32.2. The van der Waals surface area contributed by atoms with Crippen LogP contribution in [0.5, 0.6) is 0 Å². The number of hydrogen-bond donors (Lipinski definition) is 0. The molecular weight excluding hydrogens is 310 g/mol. The molecule has 1 aliphatic rings. The van der Waals surface area contributed by atoms with Gasteiger partial charge in [0.1, 0.15) is 5.25 Å². The summed E-state index contributed by atoms with van der Waals surface area (Å²) in [5.74, 6) is 0.281. The van der Waals surface area contributed by atoms with Gasteiger partial charge in [0.25, 0.3) is 5.91 Å². The molecule has 0 aromatic heterocycles. The molecule has 1 aromatic carbocycles. The normalized spacial score (nSPS) is 16.1. The van der Waals surface area contributed by atoms with Crippen molar-refractivity contribution < 1.29 is 14.3 Å². The molecule has 1 heterocycles. The quantitative estimate of drug-likeness (QED) is 0.569. The second-order valence-corrected chi connectivity index (χ2v) is 6.40. The molecule has 0 bridgehead atoms. The Bertz CT molecular complexity index is 590. The standard InChI is InChI=1S/C18H21NO3S/c1-3-10-19(11-4-2)16(20)13-22-18(21)17-15-8-6-5-7-14(15)9-12-23-17/h3-8,17H,1-2,9-13H2/t17-/m0/s1. The van der Waals surface area contributed by atoms with Gasteiger partial charge in [-0.2, -0.15) is 0 Å². The number of amides is 1. The zero-order valence-electron chi connectivity index (χ0n) is 13.1. The number of rotatable bonds is 7. The van der Waals surface area contributed by atoms with E-state index in [1.165, 1.54) is 10.5 Å². The lowest BCUT2D eigenvalue weighted by atomic mass is 10.0. The molecule has 0 unspecified atom stereocenters. The van der Waals surface area contributed by atoms with Gasteiger partial charge in [0.05, 0.1) is 0 Å². The van der Waals surface area contributed by atoms with Gasteiger partial charge in [-0.25, -0.2) is 0 Å². The zero-order valence-corrected chi connectivity index (χ0v) is 13.9. The fourth-order valence-electron chi connectivity index (χ4n) is 2.48. The van der Waals surface area contributed by atoms with Gasteiger partial charge in [-0.1, -0.05) is 36.4 Å². The molecular formula is C18H21NO3S. The van der Waals surface area contributed by atoms with Crippen molar-refractivity contribution >= 4 is 23.6 Å². The lowest BCUT2D eigenvalue weighted by Gasteiger charge is -2.24. The maximum Gasteiger partial charge on any atom is 0.324 e. The van der Waals surface area contributed by atoms with E-state index in [1.807, 2.05) is 24.3 Å². The van der Waals surface area contributed by atoms with Crippen LogP contribution in [0.15, 0.2) is 49.6 Å². The highest BCUT2D eigenvalue weighted by Crippen LogP contribution is 2.37. The van der Waals surface area contributed by atoms with Crippen LogP contribution in [0, 0.1) is 0 Å². The maximum atomic E-state index is 12.3. The Morgan fingerprint density at radius 1 is 1.26 bits per heavy atom. The SMILES string of the molecule is C=CCN(CC=C)C(=O)COC(=O)[C@H]1SCCc2ccccc21. The van der Waals surface area contributed by atoms with Gasteiger partial charge in [-0.3, -0.25) is 9.59 Å². The van der Waals surface area contributed by atoms with Crippen LogP contribution >= 0.6 is 11.8 Å². The lowest BCUT2D eigenvalue weighted by molar-refractivity contribution is -0.151. The molecule has 1 amide bonds. The van der Waals surface area contributed by atoms with Crippen LogP contribution in [0.3, 0.4) is 0 Å². The van der Waals surface area contributed by atoms with Crippen LogP contribution in [0.2, 0.25) is 0 Å². The lowest BCUT2D eigenvalue weighted by Crippen LogP contribution is -2.35. The van der Waals surface area contributed by atoms with E-state index in [4.69, 9.17) is 4.74 Å². The van der Waals surface area contributed by atoms with Gasteiger partial charge in [-0.05, 0) is 23.3 Å². The number of ether oxygens (including phenoxy) is 1. The summed E-state index contributed by atoms with van der Waals surface area (Å²) in [7, 11) is 0. The molecule has 0 fully saturated rings. The first-order valence-electron chi connectivity index (χ1n) is 7.53. The number of nitrogens with zero attached hydrogens (tertiary/aromatic N) is 1. The van der Waals surface area contributed by atoms with Crippen LogP contribution in [0.4, 0.5) is 0 Å². The molecule has 0 N–H and O–H groups in total. The second-order valence-electron chi connectivity index (χ2n) is 5.18. The predicted octanol–water partition coefficient (Wildman–Crippen LogP) is 2.76. The minimum atomic E-state index is -0.354. The number of aryl methyl sites for hydroxylation is 1. The molecule has 122 valence electrons. The van der Waals surface area contributed by atoms with Crippen molar-refractivity contribution in [3.05, 3.63) is 60.7 Å². The highest BCUT2D eigenvalue weighted by molar-refractivity contribution is 8.00. The monoisotopic (exact) mass is 331 g/mol. The summed E-state index contributed by atoms with van der Waals surface area (Å²) in [6.45, 7) is 7.80. The van der Waals surface area contributed by atoms with Crippen LogP contribution in [0.1, 0.15) is 16.4 Å². The number of fused-ring (bicyclic) bond motifs is 1. The van der Waals surface area contributed by atoms with Crippen molar-refractivity contribution in [3.8, 4) is 0 Å². The van der Waals surface area contributed by atoms with E-state index in [9.17, 15) is 9.59 Å². The Labute approximate surface area is 141 Å². The first-order valence-corrected chi connectivity index (χ1v) is 8.58. The fourth-order valence-corrected chi connectivity index (χ4v) is 3.67. The van der Waals surface area contributed by atoms with Crippen LogP contribution in [0.25, 0.3) is 0 Å². The van der Waals surface area contributed by atoms with E-state index in [1.54, 1.807) is 23.9 Å². The molecule has 0 radical (unpaired) electrons. The number of esters is 1. The predicted molar refractivity (Wildman–Crippen MR) is 93.3 cm³/mol. The molecule has 1 aliphatic heterocycles. The van der Waals surface area contributed by atoms with Gasteiger partial charge in [0, 0.05) is 13.1 Å². The minimum Gasteiger partial charge on any atom is -0.454 e. The summed E-state index contributed by atoms with van der Waals surface area (Å²) in [4.78, 5) is 26.0. The van der Waals surface area contributed by atoms with Crippen LogP contribution < -0.4 is 0 Å². The number of benzene rings is 1.